The van der Waals surface area contributed by atoms with E-state index < -0.39 is 11.7 Å². The summed E-state index contributed by atoms with van der Waals surface area (Å²) < 4.78 is 39.7. The summed E-state index contributed by atoms with van der Waals surface area (Å²) in [5.41, 5.74) is 0.215. The molecule has 3 rings (SSSR count). The summed E-state index contributed by atoms with van der Waals surface area (Å²) in [7, 11) is 0. The molecule has 6 nitrogen and oxygen atoms in total. The molecule has 0 spiro atoms. The van der Waals surface area contributed by atoms with Gasteiger partial charge in [0.2, 0.25) is 0 Å². The molecule has 28 heavy (non-hydrogen) atoms. The van der Waals surface area contributed by atoms with Crippen molar-refractivity contribution in [1.82, 2.24) is 25.4 Å². The second-order valence-corrected chi connectivity index (χ2v) is 6.91. The number of rotatable bonds is 4. The Morgan fingerprint density at radius 2 is 1.93 bits per heavy atom. The lowest BCUT2D eigenvalue weighted by atomic mass is 10.0. The van der Waals surface area contributed by atoms with Crippen molar-refractivity contribution in [2.75, 3.05) is 13.1 Å². The van der Waals surface area contributed by atoms with Crippen molar-refractivity contribution < 1.29 is 18.0 Å². The largest absolute Gasteiger partial charge is 0.417 e. The Balaban J connectivity index is 0.00000280. The third-order valence-corrected chi connectivity index (χ3v) is 4.56. The van der Waals surface area contributed by atoms with E-state index in [-0.39, 0.29) is 36.1 Å². The van der Waals surface area contributed by atoms with Gasteiger partial charge in [-0.05, 0) is 44.0 Å². The topological polar surface area (TPSA) is 71.8 Å². The maximum atomic E-state index is 12.7. The van der Waals surface area contributed by atoms with Gasteiger partial charge in [0.15, 0.2) is 5.82 Å². The number of nitrogens with one attached hydrogen (secondary N) is 2. The van der Waals surface area contributed by atoms with Crippen LogP contribution in [0.1, 0.15) is 54.2 Å². The van der Waals surface area contributed by atoms with Crippen LogP contribution in [-0.4, -0.2) is 39.8 Å². The second-order valence-electron chi connectivity index (χ2n) is 6.91. The molecule has 1 aliphatic rings. The highest BCUT2D eigenvalue weighted by atomic mass is 35.5. The van der Waals surface area contributed by atoms with E-state index in [4.69, 9.17) is 0 Å². The average Bonchev–Trinajstić information content (AvgIpc) is 3.07. The molecule has 10 heteroatoms. The highest BCUT2D eigenvalue weighted by Crippen LogP contribution is 2.29. The number of hydrogen-bond donors (Lipinski definition) is 2. The van der Waals surface area contributed by atoms with Crippen molar-refractivity contribution in [3.05, 3.63) is 41.3 Å². The molecule has 0 bridgehead atoms. The molecule has 2 N–H and O–H groups in total. The fourth-order valence-electron chi connectivity index (χ4n) is 3.18. The minimum Gasteiger partial charge on any atom is -0.349 e. The molecule has 2 aromatic heterocycles. The van der Waals surface area contributed by atoms with Crippen LogP contribution in [0.2, 0.25) is 0 Å². The van der Waals surface area contributed by atoms with Crippen LogP contribution in [0.4, 0.5) is 13.2 Å². The Morgan fingerprint density at radius 3 is 2.46 bits per heavy atom. The maximum absolute atomic E-state index is 12.7. The number of halogens is 4. The maximum Gasteiger partial charge on any atom is 0.417 e. The Labute approximate surface area is 167 Å². The van der Waals surface area contributed by atoms with Crippen molar-refractivity contribution in [3.8, 4) is 5.82 Å². The van der Waals surface area contributed by atoms with Gasteiger partial charge in [-0.1, -0.05) is 13.8 Å². The van der Waals surface area contributed by atoms with Crippen molar-refractivity contribution >= 4 is 18.3 Å². The molecule has 0 aliphatic carbocycles. The Kier molecular flexibility index (Phi) is 7.06. The van der Waals surface area contributed by atoms with E-state index in [1.54, 1.807) is 0 Å². The first-order valence-electron chi connectivity index (χ1n) is 8.90. The number of carbonyl (C=O) groups excluding carboxylic acids is 1. The molecule has 1 aliphatic heterocycles. The molecular formula is C18H23ClF3N5O. The van der Waals surface area contributed by atoms with E-state index >= 15 is 0 Å². The van der Waals surface area contributed by atoms with Crippen molar-refractivity contribution in [1.29, 1.82) is 0 Å². The monoisotopic (exact) mass is 417 g/mol. The molecule has 2 aromatic rings. The Bertz CT molecular complexity index is 799. The van der Waals surface area contributed by atoms with Crippen LogP contribution in [0.3, 0.4) is 0 Å². The predicted octanol–water partition coefficient (Wildman–Crippen LogP) is 3.31. The fourth-order valence-corrected chi connectivity index (χ4v) is 3.18. The number of aromatic nitrogens is 3. The summed E-state index contributed by atoms with van der Waals surface area (Å²) in [6, 6.07) is 2.32. The van der Waals surface area contributed by atoms with E-state index in [9.17, 15) is 18.0 Å². The molecule has 1 fully saturated rings. The number of alkyl halides is 3. The Hall–Kier alpha value is -2.13. The number of nitrogens with zero attached hydrogens (tertiary/aromatic N) is 3. The molecule has 0 radical (unpaired) electrons. The number of pyridine rings is 1. The predicted molar refractivity (Wildman–Crippen MR) is 101 cm³/mol. The van der Waals surface area contributed by atoms with Crippen LogP contribution < -0.4 is 10.6 Å². The zero-order valence-electron chi connectivity index (χ0n) is 15.6. The SMILES string of the molecule is CC(C)c1c(C(=O)NC2CCNCC2)cnn1-c1ccc(C(F)(F)F)cn1.Cl. The van der Waals surface area contributed by atoms with Crippen molar-refractivity contribution in [2.24, 2.45) is 0 Å². The third-order valence-electron chi connectivity index (χ3n) is 4.56. The summed E-state index contributed by atoms with van der Waals surface area (Å²) in [6.45, 7) is 5.52. The third kappa shape index (κ3) is 4.82. The highest BCUT2D eigenvalue weighted by Gasteiger charge is 2.31. The molecular weight excluding hydrogens is 395 g/mol. The number of carbonyl (C=O) groups is 1. The van der Waals surface area contributed by atoms with E-state index in [0.29, 0.717) is 11.3 Å². The average molecular weight is 418 g/mol. The van der Waals surface area contributed by atoms with Gasteiger partial charge in [-0.15, -0.1) is 12.4 Å². The summed E-state index contributed by atoms with van der Waals surface area (Å²) in [5, 5.41) is 10.5. The fraction of sp³-hybridized carbons (Fsp3) is 0.500. The first-order chi connectivity index (χ1) is 12.8. The number of amides is 1. The molecule has 1 saturated heterocycles. The highest BCUT2D eigenvalue weighted by molar-refractivity contribution is 5.95. The molecule has 0 unspecified atom stereocenters. The van der Waals surface area contributed by atoms with Crippen LogP contribution in [0.25, 0.3) is 5.82 Å². The number of piperidine rings is 1. The van der Waals surface area contributed by atoms with E-state index in [0.717, 1.165) is 38.2 Å². The van der Waals surface area contributed by atoms with Gasteiger partial charge >= 0.3 is 6.18 Å². The van der Waals surface area contributed by atoms with Gasteiger partial charge < -0.3 is 10.6 Å². The van der Waals surface area contributed by atoms with Crippen molar-refractivity contribution in [3.63, 3.8) is 0 Å². The van der Waals surface area contributed by atoms with Crippen LogP contribution in [0, 0.1) is 0 Å². The minimum atomic E-state index is -4.45. The van der Waals surface area contributed by atoms with E-state index in [1.165, 1.54) is 16.9 Å². The lowest BCUT2D eigenvalue weighted by Crippen LogP contribution is -2.42. The normalized spacial score (nSPS) is 15.4. The smallest absolute Gasteiger partial charge is 0.349 e. The molecule has 1 amide bonds. The zero-order valence-corrected chi connectivity index (χ0v) is 16.4. The minimum absolute atomic E-state index is 0. The van der Waals surface area contributed by atoms with Gasteiger partial charge in [0.1, 0.15) is 0 Å². The first kappa shape index (κ1) is 22.2. The second kappa shape index (κ2) is 8.91. The van der Waals surface area contributed by atoms with Gasteiger partial charge in [-0.2, -0.15) is 18.3 Å². The zero-order chi connectivity index (χ0) is 19.6. The van der Waals surface area contributed by atoms with Crippen LogP contribution in [0.15, 0.2) is 24.5 Å². The van der Waals surface area contributed by atoms with Gasteiger partial charge in [-0.3, -0.25) is 4.79 Å². The van der Waals surface area contributed by atoms with Crippen LogP contribution in [-0.2, 0) is 6.18 Å². The van der Waals surface area contributed by atoms with Crippen LogP contribution >= 0.6 is 12.4 Å². The van der Waals surface area contributed by atoms with E-state index in [1.807, 2.05) is 13.8 Å². The lowest BCUT2D eigenvalue weighted by molar-refractivity contribution is -0.137. The van der Waals surface area contributed by atoms with Gasteiger partial charge in [0.25, 0.3) is 5.91 Å². The summed E-state index contributed by atoms with van der Waals surface area (Å²) in [5.74, 6) is -0.0401. The van der Waals surface area contributed by atoms with Gasteiger partial charge in [0, 0.05) is 12.2 Å². The summed E-state index contributed by atoms with van der Waals surface area (Å²) in [6.07, 6.45) is -0.508. The van der Waals surface area contributed by atoms with Gasteiger partial charge in [0.05, 0.1) is 23.0 Å². The lowest BCUT2D eigenvalue weighted by Gasteiger charge is -2.23. The van der Waals surface area contributed by atoms with E-state index in [2.05, 4.69) is 20.7 Å². The van der Waals surface area contributed by atoms with Crippen molar-refractivity contribution in [2.45, 2.75) is 44.8 Å². The Morgan fingerprint density at radius 1 is 1.25 bits per heavy atom. The number of hydrogen-bond acceptors (Lipinski definition) is 4. The van der Waals surface area contributed by atoms with Crippen LogP contribution in [0.5, 0.6) is 0 Å². The molecule has 154 valence electrons. The molecule has 3 heterocycles. The standard InChI is InChI=1S/C18H22F3N5O.ClH/c1-11(2)16-14(17(27)25-13-5-7-22-8-6-13)10-24-26(16)15-4-3-12(9-23-15)18(19,20)21;/h3-4,9-11,13,22H,5-8H2,1-2H3,(H,25,27);1H. The van der Waals surface area contributed by atoms with Gasteiger partial charge in [-0.25, -0.2) is 9.67 Å². The summed E-state index contributed by atoms with van der Waals surface area (Å²) in [4.78, 5) is 16.6. The molecule has 0 aromatic carbocycles. The molecule has 0 atom stereocenters. The first-order valence-corrected chi connectivity index (χ1v) is 8.90. The summed E-state index contributed by atoms with van der Waals surface area (Å²) >= 11 is 0. The molecule has 0 saturated carbocycles. The quantitative estimate of drug-likeness (QED) is 0.800.